The molecule has 0 bridgehead atoms. The summed E-state index contributed by atoms with van der Waals surface area (Å²) in [6.07, 6.45) is 3.91. The first kappa shape index (κ1) is 19.2. The zero-order chi connectivity index (χ0) is 20.2. The minimum Gasteiger partial charge on any atom is -0.490 e. The van der Waals surface area contributed by atoms with Crippen molar-refractivity contribution in [2.75, 3.05) is 13.2 Å². The monoisotopic (exact) mass is 392 g/mol. The van der Waals surface area contributed by atoms with Crippen LogP contribution in [-0.2, 0) is 17.7 Å². The van der Waals surface area contributed by atoms with Gasteiger partial charge >= 0.3 is 5.97 Å². The van der Waals surface area contributed by atoms with E-state index in [9.17, 15) is 9.59 Å². The van der Waals surface area contributed by atoms with Crippen LogP contribution in [0.2, 0.25) is 0 Å². The van der Waals surface area contributed by atoms with Crippen LogP contribution in [0.1, 0.15) is 41.0 Å². The number of fused-ring (bicyclic) bond motifs is 2. The van der Waals surface area contributed by atoms with E-state index in [1.165, 1.54) is 0 Å². The third kappa shape index (κ3) is 4.31. The smallest absolute Gasteiger partial charge is 0.338 e. The number of nitrogens with zero attached hydrogens (tertiary/aromatic N) is 2. The van der Waals surface area contributed by atoms with Crippen LogP contribution in [0.15, 0.2) is 47.3 Å². The van der Waals surface area contributed by atoms with Crippen molar-refractivity contribution >= 4 is 16.9 Å². The highest BCUT2D eigenvalue weighted by Crippen LogP contribution is 2.17. The molecule has 4 rings (SSSR count). The van der Waals surface area contributed by atoms with E-state index in [0.717, 1.165) is 42.8 Å². The van der Waals surface area contributed by atoms with Gasteiger partial charge in [-0.25, -0.2) is 9.78 Å². The third-order valence-electron chi connectivity index (χ3n) is 5.13. The molecular weight excluding hydrogens is 368 g/mol. The summed E-state index contributed by atoms with van der Waals surface area (Å²) in [5, 5.41) is 0.537. The molecule has 150 valence electrons. The molecule has 0 aliphatic carbocycles. The summed E-state index contributed by atoms with van der Waals surface area (Å²) in [4.78, 5) is 29.8. The summed E-state index contributed by atoms with van der Waals surface area (Å²) in [6, 6.07) is 12.6. The van der Waals surface area contributed by atoms with Gasteiger partial charge in [-0.05, 0) is 55.7 Å². The minimum absolute atomic E-state index is 0.0293. The van der Waals surface area contributed by atoms with E-state index in [1.54, 1.807) is 22.8 Å². The lowest BCUT2D eigenvalue weighted by molar-refractivity contribution is 0.0450. The number of benzene rings is 2. The highest BCUT2D eigenvalue weighted by Gasteiger charge is 2.15. The van der Waals surface area contributed by atoms with E-state index < -0.39 is 5.97 Å². The lowest BCUT2D eigenvalue weighted by Crippen LogP contribution is -2.24. The van der Waals surface area contributed by atoms with E-state index in [-0.39, 0.29) is 18.8 Å². The summed E-state index contributed by atoms with van der Waals surface area (Å²) in [5.74, 6) is 1.10. The molecular formula is C23H24N2O4. The van der Waals surface area contributed by atoms with Gasteiger partial charge in [0.25, 0.3) is 5.56 Å². The number of hydrogen-bond acceptors (Lipinski definition) is 5. The molecule has 1 aliphatic heterocycles. The van der Waals surface area contributed by atoms with Crippen LogP contribution < -0.4 is 10.3 Å². The Bertz CT molecular complexity index is 1100. The summed E-state index contributed by atoms with van der Waals surface area (Å²) in [5.41, 5.74) is 2.02. The fourth-order valence-electron chi connectivity index (χ4n) is 3.63. The van der Waals surface area contributed by atoms with Crippen LogP contribution in [0.5, 0.6) is 5.75 Å². The largest absolute Gasteiger partial charge is 0.490 e. The van der Waals surface area contributed by atoms with Gasteiger partial charge in [0, 0.05) is 13.0 Å². The molecule has 3 aromatic rings. The van der Waals surface area contributed by atoms with E-state index in [0.29, 0.717) is 23.0 Å². The molecule has 1 aliphatic rings. The molecule has 0 radical (unpaired) electrons. The Morgan fingerprint density at radius 2 is 2.00 bits per heavy atom. The van der Waals surface area contributed by atoms with Crippen molar-refractivity contribution in [1.29, 1.82) is 0 Å². The van der Waals surface area contributed by atoms with Gasteiger partial charge in [0.2, 0.25) is 0 Å². The van der Waals surface area contributed by atoms with Crippen molar-refractivity contribution in [1.82, 2.24) is 9.55 Å². The number of ether oxygens (including phenoxy) is 2. The van der Waals surface area contributed by atoms with Crippen molar-refractivity contribution in [2.24, 2.45) is 0 Å². The number of esters is 1. The maximum Gasteiger partial charge on any atom is 0.338 e. The maximum absolute atomic E-state index is 12.8. The van der Waals surface area contributed by atoms with Gasteiger partial charge in [0.1, 0.15) is 24.8 Å². The fraction of sp³-hybridized carbons (Fsp3) is 0.348. The molecule has 6 heteroatoms. The van der Waals surface area contributed by atoms with Crippen molar-refractivity contribution < 1.29 is 14.3 Å². The average Bonchev–Trinajstić information content (AvgIpc) is 2.96. The number of rotatable bonds is 5. The molecule has 0 fully saturated rings. The second-order valence-electron chi connectivity index (χ2n) is 7.33. The molecule has 2 aromatic carbocycles. The van der Waals surface area contributed by atoms with Crippen LogP contribution in [0.3, 0.4) is 0 Å². The highest BCUT2D eigenvalue weighted by atomic mass is 16.6. The van der Waals surface area contributed by atoms with Crippen LogP contribution in [0.25, 0.3) is 10.9 Å². The zero-order valence-electron chi connectivity index (χ0n) is 16.5. The van der Waals surface area contributed by atoms with E-state index in [1.807, 2.05) is 31.2 Å². The SMILES string of the molecule is Cc1cccc(OCCOC(=O)c2ccc3c(=O)n4c(nc3c2)CCCCC4)c1. The highest BCUT2D eigenvalue weighted by molar-refractivity contribution is 5.94. The van der Waals surface area contributed by atoms with Crippen molar-refractivity contribution in [2.45, 2.75) is 39.2 Å². The quantitative estimate of drug-likeness (QED) is 0.489. The first-order valence-electron chi connectivity index (χ1n) is 10.0. The summed E-state index contributed by atoms with van der Waals surface area (Å²) < 4.78 is 12.7. The van der Waals surface area contributed by atoms with Gasteiger partial charge in [0.15, 0.2) is 0 Å². The molecule has 0 atom stereocenters. The van der Waals surface area contributed by atoms with Crippen molar-refractivity contribution in [3.8, 4) is 5.75 Å². The van der Waals surface area contributed by atoms with Crippen molar-refractivity contribution in [3.63, 3.8) is 0 Å². The molecule has 0 saturated carbocycles. The molecule has 0 unspecified atom stereocenters. The third-order valence-corrected chi connectivity index (χ3v) is 5.13. The molecule has 0 saturated heterocycles. The van der Waals surface area contributed by atoms with E-state index in [2.05, 4.69) is 4.98 Å². The van der Waals surface area contributed by atoms with Crippen LogP contribution in [-0.4, -0.2) is 28.7 Å². The summed E-state index contributed by atoms with van der Waals surface area (Å²) in [6.45, 7) is 3.12. The Kier molecular flexibility index (Phi) is 5.60. The summed E-state index contributed by atoms with van der Waals surface area (Å²) in [7, 11) is 0. The molecule has 6 nitrogen and oxygen atoms in total. The van der Waals surface area contributed by atoms with Gasteiger partial charge in [-0.2, -0.15) is 0 Å². The lowest BCUT2D eigenvalue weighted by atomic mass is 10.1. The Hall–Kier alpha value is -3.15. The predicted molar refractivity (Wildman–Crippen MR) is 111 cm³/mol. The molecule has 0 N–H and O–H groups in total. The van der Waals surface area contributed by atoms with Gasteiger partial charge in [-0.1, -0.05) is 18.6 Å². The van der Waals surface area contributed by atoms with Gasteiger partial charge in [-0.3, -0.25) is 9.36 Å². The van der Waals surface area contributed by atoms with Gasteiger partial charge < -0.3 is 9.47 Å². The van der Waals surface area contributed by atoms with Crippen LogP contribution >= 0.6 is 0 Å². The Morgan fingerprint density at radius 1 is 1.10 bits per heavy atom. The van der Waals surface area contributed by atoms with E-state index >= 15 is 0 Å². The fourth-order valence-corrected chi connectivity index (χ4v) is 3.63. The van der Waals surface area contributed by atoms with Gasteiger partial charge in [0.05, 0.1) is 16.5 Å². The topological polar surface area (TPSA) is 70.4 Å². The normalized spacial score (nSPS) is 13.6. The molecule has 1 aromatic heterocycles. The van der Waals surface area contributed by atoms with E-state index in [4.69, 9.17) is 9.47 Å². The Morgan fingerprint density at radius 3 is 2.86 bits per heavy atom. The molecule has 0 spiro atoms. The Labute approximate surface area is 169 Å². The molecule has 0 amide bonds. The Balaban J connectivity index is 1.44. The second-order valence-corrected chi connectivity index (χ2v) is 7.33. The van der Waals surface area contributed by atoms with Crippen LogP contribution in [0, 0.1) is 6.92 Å². The van der Waals surface area contributed by atoms with Crippen molar-refractivity contribution in [3.05, 3.63) is 69.8 Å². The summed E-state index contributed by atoms with van der Waals surface area (Å²) >= 11 is 0. The van der Waals surface area contributed by atoms with Gasteiger partial charge in [-0.15, -0.1) is 0 Å². The maximum atomic E-state index is 12.8. The number of aryl methyl sites for hydroxylation is 2. The number of carbonyl (C=O) groups excluding carboxylic acids is 1. The standard InChI is InChI=1S/C23H24N2O4/c1-16-6-5-7-18(14-16)28-12-13-29-23(27)17-9-10-19-20(15-17)24-21-8-3-2-4-11-25(21)22(19)26/h5-7,9-10,14-15H,2-4,8,11-13H2,1H3. The number of carbonyl (C=O) groups is 1. The van der Waals surface area contributed by atoms with Crippen LogP contribution in [0.4, 0.5) is 0 Å². The first-order chi connectivity index (χ1) is 14.1. The second kappa shape index (κ2) is 8.47. The molecule has 29 heavy (non-hydrogen) atoms. The zero-order valence-corrected chi connectivity index (χ0v) is 16.5. The lowest BCUT2D eigenvalue weighted by Gasteiger charge is -2.11. The molecule has 2 heterocycles. The first-order valence-corrected chi connectivity index (χ1v) is 10.0. The number of hydrogen-bond donors (Lipinski definition) is 0. The average molecular weight is 392 g/mol. The number of aromatic nitrogens is 2. The predicted octanol–water partition coefficient (Wildman–Crippen LogP) is 3.67. The minimum atomic E-state index is -0.448.